The highest BCUT2D eigenvalue weighted by Gasteiger charge is 2.16. The molecule has 0 atom stereocenters. The predicted octanol–water partition coefficient (Wildman–Crippen LogP) is 3.43. The smallest absolute Gasteiger partial charge is 0.136 e. The fraction of sp³-hybridized carbons (Fsp3) is 0.200. The van der Waals surface area contributed by atoms with Gasteiger partial charge in [-0.1, -0.05) is 30.3 Å². The van der Waals surface area contributed by atoms with Crippen molar-refractivity contribution in [3.63, 3.8) is 0 Å². The van der Waals surface area contributed by atoms with E-state index >= 15 is 0 Å². The van der Waals surface area contributed by atoms with Gasteiger partial charge in [-0.25, -0.2) is 4.98 Å². The Labute approximate surface area is 116 Å². The molecule has 3 rings (SSSR count). The Morgan fingerprint density at radius 2 is 2.16 bits per heavy atom. The van der Waals surface area contributed by atoms with Crippen LogP contribution in [0, 0.1) is 11.3 Å². The van der Waals surface area contributed by atoms with Crippen molar-refractivity contribution in [2.75, 3.05) is 6.54 Å². The third-order valence-corrected chi connectivity index (χ3v) is 4.00. The van der Waals surface area contributed by atoms with Gasteiger partial charge in [-0.05, 0) is 12.8 Å². The van der Waals surface area contributed by atoms with Crippen molar-refractivity contribution in [3.05, 3.63) is 46.4 Å². The number of hydrogen-bond acceptors (Lipinski definition) is 4. The first kappa shape index (κ1) is 11.9. The molecule has 0 radical (unpaired) electrons. The molecule has 0 aliphatic carbocycles. The zero-order valence-corrected chi connectivity index (χ0v) is 11.2. The summed E-state index contributed by atoms with van der Waals surface area (Å²) in [5, 5.41) is 15.4. The summed E-state index contributed by atoms with van der Waals surface area (Å²) in [7, 11) is 0. The number of rotatable bonds is 2. The van der Waals surface area contributed by atoms with Crippen molar-refractivity contribution >= 4 is 16.9 Å². The van der Waals surface area contributed by atoms with E-state index in [-0.39, 0.29) is 0 Å². The third kappa shape index (κ3) is 2.38. The molecule has 0 unspecified atom stereocenters. The summed E-state index contributed by atoms with van der Waals surface area (Å²) in [5.41, 5.74) is 3.76. The predicted molar refractivity (Wildman–Crippen MR) is 77.3 cm³/mol. The van der Waals surface area contributed by atoms with Crippen molar-refractivity contribution in [1.82, 2.24) is 10.3 Å². The van der Waals surface area contributed by atoms with Crippen molar-refractivity contribution in [3.8, 4) is 17.3 Å². The second-order valence-corrected chi connectivity index (χ2v) is 5.26. The molecule has 0 amide bonds. The molecule has 1 fully saturated rings. The van der Waals surface area contributed by atoms with Crippen LogP contribution < -0.4 is 5.32 Å². The Morgan fingerprint density at radius 3 is 2.84 bits per heavy atom. The number of aromatic nitrogens is 1. The number of benzene rings is 1. The Hall–Kier alpha value is -2.12. The van der Waals surface area contributed by atoms with Crippen LogP contribution in [0.2, 0.25) is 0 Å². The second kappa shape index (κ2) is 5.25. The van der Waals surface area contributed by atoms with Crippen molar-refractivity contribution in [2.45, 2.75) is 12.8 Å². The van der Waals surface area contributed by atoms with Crippen LogP contribution in [0.4, 0.5) is 0 Å². The lowest BCUT2D eigenvalue weighted by molar-refractivity contribution is 0.904. The van der Waals surface area contributed by atoms with E-state index in [1.807, 2.05) is 35.7 Å². The third-order valence-electron chi connectivity index (χ3n) is 3.14. The van der Waals surface area contributed by atoms with E-state index in [4.69, 9.17) is 0 Å². The zero-order valence-electron chi connectivity index (χ0n) is 10.4. The van der Waals surface area contributed by atoms with Gasteiger partial charge < -0.3 is 5.32 Å². The summed E-state index contributed by atoms with van der Waals surface area (Å²) in [5.74, 6) is 0. The molecular formula is C15H13N3S. The second-order valence-electron chi connectivity index (χ2n) is 4.40. The SMILES string of the molecule is N#C/C(=C1\CCCN1)c1nc(-c2ccccc2)cs1. The maximum absolute atomic E-state index is 9.34. The Balaban J connectivity index is 1.98. The quantitative estimate of drug-likeness (QED) is 0.848. The summed E-state index contributed by atoms with van der Waals surface area (Å²) in [6.07, 6.45) is 2.04. The first-order valence-electron chi connectivity index (χ1n) is 6.27. The van der Waals surface area contributed by atoms with E-state index in [2.05, 4.69) is 16.4 Å². The van der Waals surface area contributed by atoms with E-state index in [9.17, 15) is 5.26 Å². The molecule has 1 aromatic carbocycles. The van der Waals surface area contributed by atoms with Crippen LogP contribution in [-0.4, -0.2) is 11.5 Å². The Morgan fingerprint density at radius 1 is 1.32 bits per heavy atom. The molecule has 2 aromatic rings. The van der Waals surface area contributed by atoms with Gasteiger partial charge in [-0.2, -0.15) is 5.26 Å². The van der Waals surface area contributed by atoms with E-state index in [0.717, 1.165) is 41.3 Å². The van der Waals surface area contributed by atoms with Gasteiger partial charge in [0.2, 0.25) is 0 Å². The lowest BCUT2D eigenvalue weighted by Gasteiger charge is -2.00. The van der Waals surface area contributed by atoms with Crippen LogP contribution in [-0.2, 0) is 0 Å². The number of allylic oxidation sites excluding steroid dienone is 2. The van der Waals surface area contributed by atoms with Crippen LogP contribution >= 0.6 is 11.3 Å². The largest absolute Gasteiger partial charge is 0.387 e. The van der Waals surface area contributed by atoms with Gasteiger partial charge in [0.25, 0.3) is 0 Å². The Bertz CT molecular complexity index is 642. The van der Waals surface area contributed by atoms with Crippen LogP contribution in [0.3, 0.4) is 0 Å². The molecule has 19 heavy (non-hydrogen) atoms. The highest BCUT2D eigenvalue weighted by molar-refractivity contribution is 7.11. The highest BCUT2D eigenvalue weighted by Crippen LogP contribution is 2.29. The van der Waals surface area contributed by atoms with Crippen LogP contribution in [0.25, 0.3) is 16.8 Å². The van der Waals surface area contributed by atoms with E-state index < -0.39 is 0 Å². The van der Waals surface area contributed by atoms with Crippen molar-refractivity contribution < 1.29 is 0 Å². The van der Waals surface area contributed by atoms with Crippen LogP contribution in [0.15, 0.2) is 41.4 Å². The minimum atomic E-state index is 0.699. The number of nitrogens with zero attached hydrogens (tertiary/aromatic N) is 2. The van der Waals surface area contributed by atoms with Gasteiger partial charge in [0.15, 0.2) is 0 Å². The van der Waals surface area contributed by atoms with E-state index in [0.29, 0.717) is 5.57 Å². The van der Waals surface area contributed by atoms with Crippen molar-refractivity contribution in [1.29, 1.82) is 5.26 Å². The molecule has 3 nitrogen and oxygen atoms in total. The van der Waals surface area contributed by atoms with Crippen LogP contribution in [0.5, 0.6) is 0 Å². The lowest BCUT2D eigenvalue weighted by Crippen LogP contribution is -2.05. The molecular weight excluding hydrogens is 254 g/mol. The average molecular weight is 267 g/mol. The lowest BCUT2D eigenvalue weighted by atomic mass is 10.1. The maximum atomic E-state index is 9.34. The average Bonchev–Trinajstić information content (AvgIpc) is 3.12. The van der Waals surface area contributed by atoms with Gasteiger partial charge in [-0.3, -0.25) is 0 Å². The molecule has 0 spiro atoms. The number of thiazole rings is 1. The van der Waals surface area contributed by atoms with Gasteiger partial charge in [0.05, 0.1) is 5.69 Å². The molecule has 2 heterocycles. The van der Waals surface area contributed by atoms with Gasteiger partial charge in [-0.15, -0.1) is 11.3 Å². The molecule has 1 N–H and O–H groups in total. The number of nitrogens with one attached hydrogen (secondary N) is 1. The maximum Gasteiger partial charge on any atom is 0.136 e. The summed E-state index contributed by atoms with van der Waals surface area (Å²) in [6.45, 7) is 0.956. The topological polar surface area (TPSA) is 48.7 Å². The Kier molecular flexibility index (Phi) is 3.30. The van der Waals surface area contributed by atoms with Gasteiger partial charge >= 0.3 is 0 Å². The molecule has 0 saturated carbocycles. The highest BCUT2D eigenvalue weighted by atomic mass is 32.1. The molecule has 4 heteroatoms. The first-order valence-corrected chi connectivity index (χ1v) is 7.15. The summed E-state index contributed by atoms with van der Waals surface area (Å²) in [4.78, 5) is 4.59. The molecule has 1 saturated heterocycles. The fourth-order valence-electron chi connectivity index (χ4n) is 2.18. The van der Waals surface area contributed by atoms with E-state index in [1.54, 1.807) is 0 Å². The van der Waals surface area contributed by atoms with Crippen molar-refractivity contribution in [2.24, 2.45) is 0 Å². The minimum absolute atomic E-state index is 0.699. The fourth-order valence-corrected chi connectivity index (χ4v) is 3.03. The molecule has 1 aliphatic rings. The minimum Gasteiger partial charge on any atom is -0.387 e. The first-order chi connectivity index (χ1) is 9.38. The molecule has 1 aliphatic heterocycles. The summed E-state index contributed by atoms with van der Waals surface area (Å²) >= 11 is 1.53. The van der Waals surface area contributed by atoms with E-state index in [1.165, 1.54) is 11.3 Å². The summed E-state index contributed by atoms with van der Waals surface area (Å²) in [6, 6.07) is 12.3. The standard InChI is InChI=1S/C15H13N3S/c16-9-12(13-7-4-8-17-13)15-18-14(10-19-15)11-5-2-1-3-6-11/h1-3,5-6,10,17H,4,7-8H2/b13-12-. The number of nitriles is 1. The molecule has 94 valence electrons. The normalized spacial score (nSPS) is 16.8. The monoisotopic (exact) mass is 267 g/mol. The summed E-state index contributed by atoms with van der Waals surface area (Å²) < 4.78 is 0. The van der Waals surface area contributed by atoms with Crippen LogP contribution in [0.1, 0.15) is 17.8 Å². The van der Waals surface area contributed by atoms with Gasteiger partial charge in [0.1, 0.15) is 16.6 Å². The molecule has 0 bridgehead atoms. The zero-order chi connectivity index (χ0) is 13.1. The number of hydrogen-bond donors (Lipinski definition) is 1. The van der Waals surface area contributed by atoms with Gasteiger partial charge in [0, 0.05) is 23.2 Å². The molecule has 1 aromatic heterocycles.